The van der Waals surface area contributed by atoms with Crippen LogP contribution in [0.1, 0.15) is 29.6 Å². The molecule has 0 aliphatic rings. The zero-order valence-electron chi connectivity index (χ0n) is 11.4. The van der Waals surface area contributed by atoms with Gasteiger partial charge < -0.3 is 20.5 Å². The zero-order chi connectivity index (χ0) is 14.1. The Balaban J connectivity index is 2.44. The highest BCUT2D eigenvalue weighted by Gasteiger charge is 2.11. The van der Waals surface area contributed by atoms with Gasteiger partial charge in [-0.05, 0) is 25.3 Å². The molecule has 0 amide bonds. The number of rotatable bonds is 8. The van der Waals surface area contributed by atoms with E-state index in [1.807, 2.05) is 0 Å². The second-order valence-electron chi connectivity index (χ2n) is 4.13. The molecule has 0 bridgehead atoms. The molecule has 106 valence electrons. The molecule has 0 saturated heterocycles. The summed E-state index contributed by atoms with van der Waals surface area (Å²) in [5.74, 6) is 0.171. The van der Waals surface area contributed by atoms with Crippen molar-refractivity contribution in [3.63, 3.8) is 0 Å². The Kier molecular flexibility index (Phi) is 6.67. The van der Waals surface area contributed by atoms with E-state index in [1.165, 1.54) is 13.3 Å². The van der Waals surface area contributed by atoms with Crippen LogP contribution < -0.4 is 11.1 Å². The van der Waals surface area contributed by atoms with Crippen LogP contribution in [0.5, 0.6) is 0 Å². The van der Waals surface area contributed by atoms with E-state index in [4.69, 9.17) is 10.5 Å². The van der Waals surface area contributed by atoms with Gasteiger partial charge in [-0.2, -0.15) is 0 Å². The predicted octanol–water partition coefficient (Wildman–Crippen LogP) is 1.68. The van der Waals surface area contributed by atoms with E-state index in [2.05, 4.69) is 15.0 Å². The van der Waals surface area contributed by atoms with Gasteiger partial charge in [0.2, 0.25) is 0 Å². The molecule has 0 saturated carbocycles. The first kappa shape index (κ1) is 15.2. The quantitative estimate of drug-likeness (QED) is 0.550. The number of carbonyl (C=O) groups is 1. The molecular formula is C13H21N3O3. The van der Waals surface area contributed by atoms with Crippen LogP contribution in [0.25, 0.3) is 0 Å². The molecule has 1 heterocycles. The van der Waals surface area contributed by atoms with Crippen molar-refractivity contribution in [3.8, 4) is 0 Å². The number of ether oxygens (including phenoxy) is 2. The number of nitrogens with two attached hydrogens (primary N) is 1. The Morgan fingerprint density at radius 3 is 2.84 bits per heavy atom. The van der Waals surface area contributed by atoms with E-state index in [9.17, 15) is 4.79 Å². The van der Waals surface area contributed by atoms with Crippen molar-refractivity contribution in [3.05, 3.63) is 17.8 Å². The van der Waals surface area contributed by atoms with Gasteiger partial charge in [-0.25, -0.2) is 9.78 Å². The van der Waals surface area contributed by atoms with Crippen molar-refractivity contribution >= 4 is 17.5 Å². The molecule has 6 heteroatoms. The number of nitrogen functional groups attached to an aromatic ring is 1. The van der Waals surface area contributed by atoms with Crippen molar-refractivity contribution in [1.29, 1.82) is 0 Å². The van der Waals surface area contributed by atoms with Crippen molar-refractivity contribution in [2.45, 2.75) is 19.3 Å². The smallest absolute Gasteiger partial charge is 0.340 e. The maximum absolute atomic E-state index is 11.5. The molecule has 0 unspecified atom stereocenters. The Morgan fingerprint density at radius 1 is 1.37 bits per heavy atom. The Hall–Kier alpha value is -1.82. The van der Waals surface area contributed by atoms with E-state index in [0.29, 0.717) is 17.1 Å². The summed E-state index contributed by atoms with van der Waals surface area (Å²) in [5, 5.41) is 3.15. The third-order valence-electron chi connectivity index (χ3n) is 2.67. The maximum Gasteiger partial charge on any atom is 0.340 e. The number of methoxy groups -OCH3 is 2. The minimum atomic E-state index is -0.456. The van der Waals surface area contributed by atoms with Crippen molar-refractivity contribution in [2.75, 3.05) is 38.4 Å². The first-order valence-corrected chi connectivity index (χ1v) is 6.25. The molecule has 0 atom stereocenters. The number of carbonyl (C=O) groups excluding carboxylic acids is 1. The van der Waals surface area contributed by atoms with Crippen LogP contribution in [0.15, 0.2) is 12.3 Å². The summed E-state index contributed by atoms with van der Waals surface area (Å²) in [4.78, 5) is 15.6. The summed E-state index contributed by atoms with van der Waals surface area (Å²) < 4.78 is 9.63. The third kappa shape index (κ3) is 5.13. The van der Waals surface area contributed by atoms with E-state index >= 15 is 0 Å². The van der Waals surface area contributed by atoms with E-state index in [1.54, 1.807) is 13.2 Å². The number of unbranched alkanes of at least 4 members (excludes halogenated alkanes) is 2. The third-order valence-corrected chi connectivity index (χ3v) is 2.67. The maximum atomic E-state index is 11.5. The van der Waals surface area contributed by atoms with Gasteiger partial charge in [0.1, 0.15) is 5.82 Å². The largest absolute Gasteiger partial charge is 0.465 e. The van der Waals surface area contributed by atoms with Crippen LogP contribution in [0.4, 0.5) is 11.5 Å². The summed E-state index contributed by atoms with van der Waals surface area (Å²) in [5.41, 5.74) is 6.32. The molecule has 0 aromatic carbocycles. The number of esters is 1. The molecule has 0 spiro atoms. The minimum Gasteiger partial charge on any atom is -0.465 e. The van der Waals surface area contributed by atoms with Gasteiger partial charge in [-0.3, -0.25) is 0 Å². The Morgan fingerprint density at radius 2 is 2.16 bits per heavy atom. The van der Waals surface area contributed by atoms with Gasteiger partial charge in [0.15, 0.2) is 0 Å². The summed E-state index contributed by atoms with van der Waals surface area (Å²) in [7, 11) is 3.02. The monoisotopic (exact) mass is 267 g/mol. The fraction of sp³-hybridized carbons (Fsp3) is 0.538. The Bertz CT molecular complexity index is 410. The Labute approximate surface area is 113 Å². The molecule has 6 nitrogen and oxygen atoms in total. The average Bonchev–Trinajstić information content (AvgIpc) is 2.43. The lowest BCUT2D eigenvalue weighted by Gasteiger charge is -2.08. The van der Waals surface area contributed by atoms with Gasteiger partial charge in [0, 0.05) is 20.3 Å². The number of pyridine rings is 1. The summed E-state index contributed by atoms with van der Waals surface area (Å²) in [6.07, 6.45) is 4.60. The first-order valence-electron chi connectivity index (χ1n) is 6.25. The van der Waals surface area contributed by atoms with E-state index in [-0.39, 0.29) is 0 Å². The highest BCUT2D eigenvalue weighted by Crippen LogP contribution is 2.15. The van der Waals surface area contributed by atoms with Crippen LogP contribution in [-0.4, -0.2) is 38.3 Å². The van der Waals surface area contributed by atoms with Gasteiger partial charge in [0.05, 0.1) is 24.6 Å². The predicted molar refractivity (Wildman–Crippen MR) is 74.2 cm³/mol. The minimum absolute atomic E-state index is 0.317. The number of anilines is 2. The van der Waals surface area contributed by atoms with Crippen LogP contribution in [0, 0.1) is 0 Å². The van der Waals surface area contributed by atoms with Gasteiger partial charge in [-0.1, -0.05) is 0 Å². The molecule has 0 aliphatic carbocycles. The summed E-state index contributed by atoms with van der Waals surface area (Å²) in [6.45, 7) is 1.58. The lowest BCUT2D eigenvalue weighted by molar-refractivity contribution is 0.0602. The number of hydrogen-bond acceptors (Lipinski definition) is 6. The first-order chi connectivity index (χ1) is 9.19. The summed E-state index contributed by atoms with van der Waals surface area (Å²) >= 11 is 0. The number of nitrogens with one attached hydrogen (secondary N) is 1. The fourth-order valence-corrected chi connectivity index (χ4v) is 1.61. The number of aromatic nitrogens is 1. The number of nitrogens with zero attached hydrogens (tertiary/aromatic N) is 1. The molecule has 0 fully saturated rings. The summed E-state index contributed by atoms with van der Waals surface area (Å²) in [6, 6.07) is 1.61. The number of hydrogen-bond donors (Lipinski definition) is 2. The van der Waals surface area contributed by atoms with Gasteiger partial charge in [0.25, 0.3) is 0 Å². The molecular weight excluding hydrogens is 246 g/mol. The second-order valence-corrected chi connectivity index (χ2v) is 4.13. The van der Waals surface area contributed by atoms with Crippen LogP contribution in [-0.2, 0) is 9.47 Å². The second kappa shape index (κ2) is 8.31. The molecule has 0 radical (unpaired) electrons. The SMILES string of the molecule is COCCCCCNc1cc(C(=O)OC)c(N)cn1. The van der Waals surface area contributed by atoms with E-state index in [0.717, 1.165) is 32.4 Å². The lowest BCUT2D eigenvalue weighted by Crippen LogP contribution is -2.09. The highest BCUT2D eigenvalue weighted by atomic mass is 16.5. The van der Waals surface area contributed by atoms with Gasteiger partial charge in [-0.15, -0.1) is 0 Å². The fourth-order valence-electron chi connectivity index (χ4n) is 1.61. The highest BCUT2D eigenvalue weighted by molar-refractivity contribution is 5.95. The zero-order valence-corrected chi connectivity index (χ0v) is 11.4. The topological polar surface area (TPSA) is 86.5 Å². The lowest BCUT2D eigenvalue weighted by atomic mass is 10.2. The normalized spacial score (nSPS) is 10.2. The molecule has 3 N–H and O–H groups in total. The van der Waals surface area contributed by atoms with Crippen molar-refractivity contribution in [2.24, 2.45) is 0 Å². The van der Waals surface area contributed by atoms with Crippen LogP contribution in [0.3, 0.4) is 0 Å². The van der Waals surface area contributed by atoms with Gasteiger partial charge >= 0.3 is 5.97 Å². The molecule has 1 aromatic heterocycles. The van der Waals surface area contributed by atoms with E-state index < -0.39 is 5.97 Å². The van der Waals surface area contributed by atoms with Crippen LogP contribution in [0.2, 0.25) is 0 Å². The molecule has 19 heavy (non-hydrogen) atoms. The average molecular weight is 267 g/mol. The molecule has 1 aromatic rings. The molecule has 1 rings (SSSR count). The van der Waals surface area contributed by atoms with Crippen molar-refractivity contribution in [1.82, 2.24) is 4.98 Å². The standard InChI is InChI=1S/C13H21N3O3/c1-18-7-5-3-4-6-15-12-8-10(13(17)19-2)11(14)9-16-12/h8-9H,3-7,14H2,1-2H3,(H,15,16). The van der Waals surface area contributed by atoms with Crippen LogP contribution >= 0.6 is 0 Å². The van der Waals surface area contributed by atoms with Crippen molar-refractivity contribution < 1.29 is 14.3 Å². The molecule has 0 aliphatic heterocycles.